The number of alkyl halides is 3. The fourth-order valence-electron chi connectivity index (χ4n) is 2.81. The van der Waals surface area contributed by atoms with Crippen molar-refractivity contribution in [1.29, 1.82) is 0 Å². The van der Waals surface area contributed by atoms with Crippen LogP contribution in [-0.4, -0.2) is 32.1 Å². The highest BCUT2D eigenvalue weighted by Crippen LogP contribution is 2.44. The number of nitrogens with two attached hydrogens (primary N) is 1. The van der Waals surface area contributed by atoms with E-state index in [-0.39, 0.29) is 22.8 Å². The van der Waals surface area contributed by atoms with Gasteiger partial charge in [-0.05, 0) is 43.7 Å². The Morgan fingerprint density at radius 3 is 2.64 bits per heavy atom. The largest absolute Gasteiger partial charge is 0.573 e. The normalized spacial score (nSPS) is 17.0. The van der Waals surface area contributed by atoms with E-state index >= 15 is 0 Å². The molecule has 1 fully saturated rings. The van der Waals surface area contributed by atoms with Crippen LogP contribution >= 0.6 is 0 Å². The summed E-state index contributed by atoms with van der Waals surface area (Å²) in [6.07, 6.45) is -0.586. The van der Waals surface area contributed by atoms with Crippen molar-refractivity contribution in [1.82, 2.24) is 0 Å². The molecule has 0 amide bonds. The van der Waals surface area contributed by atoms with E-state index in [1.165, 1.54) is 18.2 Å². The second kappa shape index (κ2) is 8.42. The summed E-state index contributed by atoms with van der Waals surface area (Å²) in [5, 5.41) is 2.69. The van der Waals surface area contributed by atoms with E-state index in [1.54, 1.807) is 6.07 Å². The van der Waals surface area contributed by atoms with Crippen LogP contribution in [0.3, 0.4) is 0 Å². The van der Waals surface area contributed by atoms with Gasteiger partial charge in [-0.3, -0.25) is 4.99 Å². The Kier molecular flexibility index (Phi) is 6.52. The summed E-state index contributed by atoms with van der Waals surface area (Å²) in [7, 11) is 0. The molecule has 1 saturated carbocycles. The first-order chi connectivity index (χ1) is 11.8. The molecular weight excluding hydrogens is 335 g/mol. The monoisotopic (exact) mass is 359 g/mol. The molecule has 8 heteroatoms. The highest BCUT2D eigenvalue weighted by Gasteiger charge is 2.36. The maximum atomic E-state index is 12.4. The number of benzene rings is 1. The summed E-state index contributed by atoms with van der Waals surface area (Å²) in [6, 6.07) is 5.72. The van der Waals surface area contributed by atoms with E-state index in [1.807, 2.05) is 6.92 Å². The van der Waals surface area contributed by atoms with Crippen LogP contribution in [-0.2, 0) is 4.74 Å². The number of rotatable bonds is 8. The standard InChI is InChI=1S/C17H24F3N3O2/c1-2-24-11-10-16(8-5-9-16)12-22-15(21)23-13-6-3-4-7-14(13)25-17(18,19)20/h3-4,6-7H,2,5,8-12H2,1H3,(H3,21,22,23). The van der Waals surface area contributed by atoms with Crippen molar-refractivity contribution in [2.75, 3.05) is 25.1 Å². The Labute approximate surface area is 145 Å². The lowest BCUT2D eigenvalue weighted by molar-refractivity contribution is -0.274. The number of aliphatic imine (C=N–C) groups is 1. The van der Waals surface area contributed by atoms with Crippen LogP contribution in [0.1, 0.15) is 32.6 Å². The van der Waals surface area contributed by atoms with E-state index in [0.29, 0.717) is 19.8 Å². The highest BCUT2D eigenvalue weighted by atomic mass is 19.4. The number of ether oxygens (including phenoxy) is 2. The molecular formula is C17H24F3N3O2. The van der Waals surface area contributed by atoms with Crippen LogP contribution < -0.4 is 15.8 Å². The molecule has 5 nitrogen and oxygen atoms in total. The van der Waals surface area contributed by atoms with Crippen molar-refractivity contribution in [3.63, 3.8) is 0 Å². The Hall–Kier alpha value is -1.96. The number of hydrogen-bond acceptors (Lipinski definition) is 3. The molecule has 25 heavy (non-hydrogen) atoms. The minimum atomic E-state index is -4.76. The van der Waals surface area contributed by atoms with Gasteiger partial charge in [-0.15, -0.1) is 13.2 Å². The van der Waals surface area contributed by atoms with Gasteiger partial charge >= 0.3 is 6.36 Å². The Morgan fingerprint density at radius 1 is 1.32 bits per heavy atom. The Morgan fingerprint density at radius 2 is 2.04 bits per heavy atom. The van der Waals surface area contributed by atoms with Gasteiger partial charge in [0.25, 0.3) is 0 Å². The SMILES string of the molecule is CCOCCC1(CN=C(N)Nc2ccccc2OC(F)(F)F)CCC1. The third-order valence-corrected chi connectivity index (χ3v) is 4.36. The molecule has 0 bridgehead atoms. The van der Waals surface area contributed by atoms with Gasteiger partial charge < -0.3 is 20.5 Å². The molecule has 2 rings (SSSR count). The molecule has 0 aromatic heterocycles. The molecule has 0 heterocycles. The number of nitrogens with one attached hydrogen (secondary N) is 1. The van der Waals surface area contributed by atoms with Gasteiger partial charge in [0.1, 0.15) is 0 Å². The second-order valence-electron chi connectivity index (χ2n) is 6.17. The van der Waals surface area contributed by atoms with Gasteiger partial charge in [0.15, 0.2) is 11.7 Å². The molecule has 1 aliphatic carbocycles. The van der Waals surface area contributed by atoms with Crippen molar-refractivity contribution in [3.05, 3.63) is 24.3 Å². The fraction of sp³-hybridized carbons (Fsp3) is 0.588. The molecule has 3 N–H and O–H groups in total. The third kappa shape index (κ3) is 6.12. The first-order valence-electron chi connectivity index (χ1n) is 8.33. The predicted molar refractivity (Wildman–Crippen MR) is 90.6 cm³/mol. The van der Waals surface area contributed by atoms with Gasteiger partial charge in [0.05, 0.1) is 5.69 Å². The number of anilines is 1. The lowest BCUT2D eigenvalue weighted by Crippen LogP contribution is -2.35. The molecule has 0 aliphatic heterocycles. The van der Waals surface area contributed by atoms with Crippen molar-refractivity contribution < 1.29 is 22.6 Å². The number of guanidine groups is 1. The zero-order chi connectivity index (χ0) is 18.3. The number of para-hydroxylation sites is 2. The predicted octanol–water partition coefficient (Wildman–Crippen LogP) is 3.91. The summed E-state index contributed by atoms with van der Waals surface area (Å²) in [5.74, 6) is -0.274. The first kappa shape index (κ1) is 19.4. The van der Waals surface area contributed by atoms with E-state index < -0.39 is 6.36 Å². The van der Waals surface area contributed by atoms with Crippen LogP contribution in [0.2, 0.25) is 0 Å². The van der Waals surface area contributed by atoms with Crippen LogP contribution in [0, 0.1) is 5.41 Å². The van der Waals surface area contributed by atoms with Crippen molar-refractivity contribution >= 4 is 11.6 Å². The lowest BCUT2D eigenvalue weighted by Gasteiger charge is -2.40. The van der Waals surface area contributed by atoms with E-state index in [9.17, 15) is 13.2 Å². The fourth-order valence-corrected chi connectivity index (χ4v) is 2.81. The zero-order valence-electron chi connectivity index (χ0n) is 14.2. The van der Waals surface area contributed by atoms with Crippen LogP contribution in [0.4, 0.5) is 18.9 Å². The van der Waals surface area contributed by atoms with Crippen LogP contribution in [0.25, 0.3) is 0 Å². The molecule has 1 aromatic rings. The Balaban J connectivity index is 1.97. The topological polar surface area (TPSA) is 68.9 Å². The van der Waals surface area contributed by atoms with Gasteiger partial charge in [0, 0.05) is 19.8 Å². The molecule has 0 atom stereocenters. The van der Waals surface area contributed by atoms with Crippen LogP contribution in [0.5, 0.6) is 5.75 Å². The van der Waals surface area contributed by atoms with Gasteiger partial charge in [-0.2, -0.15) is 0 Å². The summed E-state index contributed by atoms with van der Waals surface area (Å²) in [6.45, 7) is 3.84. The van der Waals surface area contributed by atoms with Crippen LogP contribution in [0.15, 0.2) is 29.3 Å². The lowest BCUT2D eigenvalue weighted by atomic mass is 9.67. The maximum Gasteiger partial charge on any atom is 0.573 e. The number of halogens is 3. The quantitative estimate of drug-likeness (QED) is 0.419. The summed E-state index contributed by atoms with van der Waals surface area (Å²) in [4.78, 5) is 4.32. The van der Waals surface area contributed by atoms with Crippen molar-refractivity contribution in [2.24, 2.45) is 16.1 Å². The van der Waals surface area contributed by atoms with Gasteiger partial charge in [-0.1, -0.05) is 18.6 Å². The average molecular weight is 359 g/mol. The summed E-state index contributed by atoms with van der Waals surface area (Å²) in [5.41, 5.74) is 6.06. The molecule has 0 saturated heterocycles. The minimum absolute atomic E-state index is 0.0703. The molecule has 0 unspecified atom stereocenters. The number of nitrogens with zero attached hydrogens (tertiary/aromatic N) is 1. The number of hydrogen-bond donors (Lipinski definition) is 2. The van der Waals surface area contributed by atoms with Gasteiger partial charge in [-0.25, -0.2) is 0 Å². The second-order valence-corrected chi connectivity index (χ2v) is 6.17. The van der Waals surface area contributed by atoms with Crippen molar-refractivity contribution in [2.45, 2.75) is 39.0 Å². The van der Waals surface area contributed by atoms with E-state index in [2.05, 4.69) is 15.0 Å². The van der Waals surface area contributed by atoms with Crippen molar-refractivity contribution in [3.8, 4) is 5.75 Å². The molecule has 1 aromatic carbocycles. The minimum Gasteiger partial charge on any atom is -0.404 e. The zero-order valence-corrected chi connectivity index (χ0v) is 14.2. The third-order valence-electron chi connectivity index (χ3n) is 4.36. The maximum absolute atomic E-state index is 12.4. The van der Waals surface area contributed by atoms with E-state index in [0.717, 1.165) is 25.7 Å². The average Bonchev–Trinajstić information content (AvgIpc) is 2.50. The highest BCUT2D eigenvalue weighted by molar-refractivity contribution is 5.93. The van der Waals surface area contributed by atoms with Gasteiger partial charge in [0.2, 0.25) is 0 Å². The van der Waals surface area contributed by atoms with E-state index in [4.69, 9.17) is 10.5 Å². The Bertz CT molecular complexity index is 587. The summed E-state index contributed by atoms with van der Waals surface area (Å²) < 4.78 is 46.7. The first-order valence-corrected chi connectivity index (χ1v) is 8.33. The smallest absolute Gasteiger partial charge is 0.404 e. The summed E-state index contributed by atoms with van der Waals surface area (Å²) >= 11 is 0. The molecule has 0 spiro atoms. The molecule has 1 aliphatic rings. The molecule has 0 radical (unpaired) electrons. The molecule has 140 valence electrons.